The molecule has 0 radical (unpaired) electrons. The zero-order chi connectivity index (χ0) is 15.6. The number of nitrogens with zero attached hydrogens (tertiary/aromatic N) is 2. The lowest BCUT2D eigenvalue weighted by atomic mass is 9.77. The number of methoxy groups -OCH3 is 2. The Morgan fingerprint density at radius 3 is 2.36 bits per heavy atom. The van der Waals surface area contributed by atoms with Gasteiger partial charge in [0.2, 0.25) is 5.89 Å². The molecule has 1 saturated carbocycles. The van der Waals surface area contributed by atoms with Crippen molar-refractivity contribution >= 4 is 0 Å². The molecule has 0 spiro atoms. The fourth-order valence-electron chi connectivity index (χ4n) is 2.60. The number of aryl methyl sites for hydroxylation is 2. The molecule has 1 aromatic heterocycles. The van der Waals surface area contributed by atoms with Crippen molar-refractivity contribution in [3.63, 3.8) is 0 Å². The van der Waals surface area contributed by atoms with Crippen molar-refractivity contribution in [1.82, 2.24) is 10.1 Å². The van der Waals surface area contributed by atoms with Crippen molar-refractivity contribution in [1.29, 1.82) is 0 Å². The van der Waals surface area contributed by atoms with Crippen LogP contribution in [-0.2, 0) is 18.4 Å². The highest BCUT2D eigenvalue weighted by atomic mass is 16.5. The van der Waals surface area contributed by atoms with E-state index in [1.165, 1.54) is 0 Å². The number of rotatable bonds is 6. The molecule has 118 valence electrons. The Morgan fingerprint density at radius 1 is 1.14 bits per heavy atom. The molecule has 22 heavy (non-hydrogen) atoms. The van der Waals surface area contributed by atoms with Gasteiger partial charge in [-0.2, -0.15) is 4.98 Å². The molecule has 6 nitrogen and oxygen atoms in total. The summed E-state index contributed by atoms with van der Waals surface area (Å²) in [5.41, 5.74) is 6.93. The van der Waals surface area contributed by atoms with Gasteiger partial charge >= 0.3 is 0 Å². The third kappa shape index (κ3) is 2.92. The first-order chi connectivity index (χ1) is 10.6. The van der Waals surface area contributed by atoms with Crippen LogP contribution in [0.15, 0.2) is 22.7 Å². The topological polar surface area (TPSA) is 83.4 Å². The summed E-state index contributed by atoms with van der Waals surface area (Å²) in [6.07, 6.45) is 4.42. The summed E-state index contributed by atoms with van der Waals surface area (Å²) < 4.78 is 15.9. The van der Waals surface area contributed by atoms with Crippen LogP contribution in [0.25, 0.3) is 0 Å². The number of benzene rings is 1. The summed E-state index contributed by atoms with van der Waals surface area (Å²) in [7, 11) is 3.28. The Morgan fingerprint density at radius 2 is 1.82 bits per heavy atom. The summed E-state index contributed by atoms with van der Waals surface area (Å²) in [6.45, 7) is 0. The first kappa shape index (κ1) is 14.8. The van der Waals surface area contributed by atoms with E-state index >= 15 is 0 Å². The maximum Gasteiger partial charge on any atom is 0.227 e. The minimum Gasteiger partial charge on any atom is -0.497 e. The van der Waals surface area contributed by atoms with Crippen molar-refractivity contribution in [2.45, 2.75) is 37.6 Å². The van der Waals surface area contributed by atoms with Crippen molar-refractivity contribution in [2.24, 2.45) is 5.73 Å². The molecule has 1 aromatic carbocycles. The van der Waals surface area contributed by atoms with Crippen molar-refractivity contribution in [3.05, 3.63) is 35.5 Å². The molecule has 3 rings (SSSR count). The molecule has 2 N–H and O–H groups in total. The Kier molecular flexibility index (Phi) is 4.02. The molecule has 0 saturated heterocycles. The molecule has 0 unspecified atom stereocenters. The maximum atomic E-state index is 6.20. The second kappa shape index (κ2) is 5.96. The first-order valence-electron chi connectivity index (χ1n) is 7.47. The zero-order valence-corrected chi connectivity index (χ0v) is 13.0. The number of ether oxygens (including phenoxy) is 2. The Hall–Kier alpha value is -2.08. The van der Waals surface area contributed by atoms with E-state index in [9.17, 15) is 0 Å². The Balaban J connectivity index is 1.67. The summed E-state index contributed by atoms with van der Waals surface area (Å²) >= 11 is 0. The maximum absolute atomic E-state index is 6.20. The molecular weight excluding hydrogens is 282 g/mol. The third-order valence-electron chi connectivity index (χ3n) is 4.20. The summed E-state index contributed by atoms with van der Waals surface area (Å²) in [5.74, 6) is 2.80. The molecule has 1 fully saturated rings. The van der Waals surface area contributed by atoms with E-state index in [0.29, 0.717) is 18.1 Å². The van der Waals surface area contributed by atoms with Crippen LogP contribution in [-0.4, -0.2) is 24.4 Å². The van der Waals surface area contributed by atoms with Gasteiger partial charge in [0.05, 0.1) is 19.8 Å². The van der Waals surface area contributed by atoms with Crippen LogP contribution < -0.4 is 15.2 Å². The Labute approximate surface area is 129 Å². The van der Waals surface area contributed by atoms with Gasteiger partial charge in [0, 0.05) is 12.5 Å². The summed E-state index contributed by atoms with van der Waals surface area (Å²) in [6, 6.07) is 5.81. The monoisotopic (exact) mass is 303 g/mol. The van der Waals surface area contributed by atoms with Gasteiger partial charge in [-0.3, -0.25) is 0 Å². The number of hydrogen-bond acceptors (Lipinski definition) is 6. The normalized spacial score (nSPS) is 16.1. The predicted molar refractivity (Wildman–Crippen MR) is 81.0 cm³/mol. The standard InChI is InChI=1S/C16H21N3O3/c1-20-12-8-11(9-13(10-12)21-2)4-5-14-18-15(19-22-14)16(17)6-3-7-16/h8-10H,3-7,17H2,1-2H3. The lowest BCUT2D eigenvalue weighted by molar-refractivity contribution is 0.229. The molecular formula is C16H21N3O3. The van der Waals surface area contributed by atoms with Crippen molar-refractivity contribution in [3.8, 4) is 11.5 Å². The minimum atomic E-state index is -0.374. The molecule has 6 heteroatoms. The van der Waals surface area contributed by atoms with Gasteiger partial charge in [-0.25, -0.2) is 0 Å². The van der Waals surface area contributed by atoms with Crippen molar-refractivity contribution < 1.29 is 14.0 Å². The first-order valence-corrected chi connectivity index (χ1v) is 7.47. The largest absolute Gasteiger partial charge is 0.497 e. The van der Waals surface area contributed by atoms with Crippen molar-refractivity contribution in [2.75, 3.05) is 14.2 Å². The van der Waals surface area contributed by atoms with Crippen LogP contribution >= 0.6 is 0 Å². The van der Waals surface area contributed by atoms with E-state index in [1.54, 1.807) is 14.2 Å². The van der Waals surface area contributed by atoms with Crippen LogP contribution in [0.5, 0.6) is 11.5 Å². The van der Waals surface area contributed by atoms with Crippen LogP contribution in [0.4, 0.5) is 0 Å². The fraction of sp³-hybridized carbons (Fsp3) is 0.500. The molecule has 1 heterocycles. The molecule has 0 atom stereocenters. The van der Waals surface area contributed by atoms with Gasteiger partial charge in [0.1, 0.15) is 11.5 Å². The van der Waals surface area contributed by atoms with Crippen LogP contribution in [0, 0.1) is 0 Å². The average molecular weight is 303 g/mol. The second-order valence-electron chi connectivity index (χ2n) is 5.74. The van der Waals surface area contributed by atoms with E-state index in [-0.39, 0.29) is 5.54 Å². The van der Waals surface area contributed by atoms with Crippen LogP contribution in [0.2, 0.25) is 0 Å². The molecule has 0 bridgehead atoms. The van der Waals surface area contributed by atoms with Gasteiger partial charge in [0.15, 0.2) is 5.82 Å². The van der Waals surface area contributed by atoms with E-state index in [0.717, 1.165) is 42.7 Å². The quantitative estimate of drug-likeness (QED) is 0.881. The zero-order valence-electron chi connectivity index (χ0n) is 13.0. The van der Waals surface area contributed by atoms with E-state index in [2.05, 4.69) is 10.1 Å². The molecule has 0 aliphatic heterocycles. The molecule has 0 amide bonds. The predicted octanol–water partition coefficient (Wildman–Crippen LogP) is 2.21. The molecule has 1 aliphatic carbocycles. The number of aromatic nitrogens is 2. The van der Waals surface area contributed by atoms with E-state index < -0.39 is 0 Å². The third-order valence-corrected chi connectivity index (χ3v) is 4.20. The number of nitrogens with two attached hydrogens (primary N) is 1. The van der Waals surface area contributed by atoms with E-state index in [1.807, 2.05) is 18.2 Å². The molecule has 2 aromatic rings. The van der Waals surface area contributed by atoms with Crippen LogP contribution in [0.3, 0.4) is 0 Å². The second-order valence-corrected chi connectivity index (χ2v) is 5.74. The smallest absolute Gasteiger partial charge is 0.227 e. The minimum absolute atomic E-state index is 0.374. The molecule has 1 aliphatic rings. The SMILES string of the molecule is COc1cc(CCc2nc(C3(N)CCC3)no2)cc(OC)c1. The highest BCUT2D eigenvalue weighted by Crippen LogP contribution is 2.36. The van der Waals surface area contributed by atoms with Gasteiger partial charge < -0.3 is 19.7 Å². The van der Waals surface area contributed by atoms with Gasteiger partial charge in [-0.15, -0.1) is 0 Å². The fourth-order valence-corrected chi connectivity index (χ4v) is 2.60. The average Bonchev–Trinajstić information content (AvgIpc) is 2.99. The highest BCUT2D eigenvalue weighted by molar-refractivity contribution is 5.38. The lowest BCUT2D eigenvalue weighted by Crippen LogP contribution is -2.44. The lowest BCUT2D eigenvalue weighted by Gasteiger charge is -2.34. The van der Waals surface area contributed by atoms with Gasteiger partial charge in [0.25, 0.3) is 0 Å². The van der Waals surface area contributed by atoms with Gasteiger partial charge in [-0.1, -0.05) is 5.16 Å². The van der Waals surface area contributed by atoms with E-state index in [4.69, 9.17) is 19.7 Å². The summed E-state index contributed by atoms with van der Waals surface area (Å²) in [4.78, 5) is 4.44. The highest BCUT2D eigenvalue weighted by Gasteiger charge is 2.38. The number of hydrogen-bond donors (Lipinski definition) is 1. The Bertz CT molecular complexity index is 628. The summed E-state index contributed by atoms with van der Waals surface area (Å²) in [5, 5.41) is 4.03. The van der Waals surface area contributed by atoms with Gasteiger partial charge in [-0.05, 0) is 43.4 Å². The van der Waals surface area contributed by atoms with Crippen LogP contribution in [0.1, 0.15) is 36.5 Å².